The van der Waals surface area contributed by atoms with Gasteiger partial charge in [-0.05, 0) is 43.2 Å². The molecule has 3 aromatic rings. The number of amides is 2. The first kappa shape index (κ1) is 19.9. The summed E-state index contributed by atoms with van der Waals surface area (Å²) in [5.74, 6) is 1.55. The number of anilines is 2. The van der Waals surface area contributed by atoms with Crippen molar-refractivity contribution in [2.45, 2.75) is 25.8 Å². The van der Waals surface area contributed by atoms with E-state index in [-0.39, 0.29) is 6.03 Å². The predicted octanol–water partition coefficient (Wildman–Crippen LogP) is 3.60. The maximum Gasteiger partial charge on any atom is 0.322 e. The van der Waals surface area contributed by atoms with E-state index in [2.05, 4.69) is 21.3 Å². The van der Waals surface area contributed by atoms with Gasteiger partial charge in [0.1, 0.15) is 11.5 Å². The van der Waals surface area contributed by atoms with Gasteiger partial charge < -0.3 is 15.1 Å². The Morgan fingerprint density at radius 2 is 1.94 bits per heavy atom. The second-order valence-corrected chi connectivity index (χ2v) is 8.00. The van der Waals surface area contributed by atoms with Crippen LogP contribution in [0.25, 0.3) is 11.5 Å². The summed E-state index contributed by atoms with van der Waals surface area (Å²) in [4.78, 5) is 31.2. The summed E-state index contributed by atoms with van der Waals surface area (Å²) in [6, 6.07) is 14.6. The van der Waals surface area contributed by atoms with E-state index in [1.807, 2.05) is 18.2 Å². The third-order valence-electron chi connectivity index (χ3n) is 5.87. The van der Waals surface area contributed by atoms with Gasteiger partial charge in [-0.2, -0.15) is 5.26 Å². The number of rotatable bonds is 3. The molecule has 8 nitrogen and oxygen atoms in total. The lowest BCUT2D eigenvalue weighted by molar-refractivity contribution is 0.206. The van der Waals surface area contributed by atoms with E-state index >= 15 is 0 Å². The number of nitrogens with one attached hydrogen (secondary N) is 1. The minimum absolute atomic E-state index is 0.188. The minimum Gasteiger partial charge on any atom is -0.356 e. The SMILES string of the molecule is N#Cc1cccc(NC(=O)N2CCc3nc(-c4ccccn4)nc(N4CCCC4)c3C2)c1. The number of nitrogens with zero attached hydrogens (tertiary/aromatic N) is 6. The van der Waals surface area contributed by atoms with Crippen LogP contribution in [-0.4, -0.2) is 45.5 Å². The highest BCUT2D eigenvalue weighted by atomic mass is 16.2. The van der Waals surface area contributed by atoms with Crippen LogP contribution in [0.1, 0.15) is 29.7 Å². The average molecular weight is 425 g/mol. The Hall–Kier alpha value is -3.99. The van der Waals surface area contributed by atoms with Crippen molar-refractivity contribution in [1.29, 1.82) is 5.26 Å². The number of fused-ring (bicyclic) bond motifs is 1. The topological polar surface area (TPSA) is 98.0 Å². The second kappa shape index (κ2) is 8.63. The molecule has 1 fully saturated rings. The molecule has 2 amide bonds. The Morgan fingerprint density at radius 1 is 1.06 bits per heavy atom. The van der Waals surface area contributed by atoms with Gasteiger partial charge in [0, 0.05) is 43.5 Å². The Labute approximate surface area is 186 Å². The van der Waals surface area contributed by atoms with Crippen molar-refractivity contribution in [3.8, 4) is 17.6 Å². The van der Waals surface area contributed by atoms with Crippen molar-refractivity contribution >= 4 is 17.5 Å². The quantitative estimate of drug-likeness (QED) is 0.689. The van der Waals surface area contributed by atoms with Crippen LogP contribution >= 0.6 is 0 Å². The molecule has 2 aliphatic rings. The van der Waals surface area contributed by atoms with Gasteiger partial charge in [-0.3, -0.25) is 4.98 Å². The summed E-state index contributed by atoms with van der Waals surface area (Å²) in [7, 11) is 0. The summed E-state index contributed by atoms with van der Waals surface area (Å²) in [6.45, 7) is 2.93. The number of hydrogen-bond acceptors (Lipinski definition) is 6. The van der Waals surface area contributed by atoms with Crippen molar-refractivity contribution in [3.05, 3.63) is 65.5 Å². The number of nitriles is 1. The van der Waals surface area contributed by atoms with Gasteiger partial charge in [-0.15, -0.1) is 0 Å². The van der Waals surface area contributed by atoms with E-state index in [1.54, 1.807) is 35.4 Å². The number of aromatic nitrogens is 3. The summed E-state index contributed by atoms with van der Waals surface area (Å²) >= 11 is 0. The fourth-order valence-electron chi connectivity index (χ4n) is 4.24. The molecule has 0 radical (unpaired) electrons. The second-order valence-electron chi connectivity index (χ2n) is 8.00. The van der Waals surface area contributed by atoms with Crippen LogP contribution in [-0.2, 0) is 13.0 Å². The van der Waals surface area contributed by atoms with Gasteiger partial charge in [-0.25, -0.2) is 14.8 Å². The Morgan fingerprint density at radius 3 is 2.72 bits per heavy atom. The van der Waals surface area contributed by atoms with Crippen LogP contribution in [0.3, 0.4) is 0 Å². The fraction of sp³-hybridized carbons (Fsp3) is 0.292. The molecule has 4 heterocycles. The average Bonchev–Trinajstić information content (AvgIpc) is 3.38. The third-order valence-corrected chi connectivity index (χ3v) is 5.87. The highest BCUT2D eigenvalue weighted by molar-refractivity contribution is 5.89. The molecule has 0 aliphatic carbocycles. The van der Waals surface area contributed by atoms with E-state index in [9.17, 15) is 4.79 Å². The third kappa shape index (κ3) is 3.97. The van der Waals surface area contributed by atoms with Crippen molar-refractivity contribution < 1.29 is 4.79 Å². The monoisotopic (exact) mass is 425 g/mol. The Bertz CT molecular complexity index is 1180. The first-order valence-electron chi connectivity index (χ1n) is 10.8. The van der Waals surface area contributed by atoms with E-state index < -0.39 is 0 Å². The molecule has 160 valence electrons. The lowest BCUT2D eigenvalue weighted by Gasteiger charge is -2.31. The molecule has 2 aromatic heterocycles. The Balaban J connectivity index is 1.44. The maximum atomic E-state index is 13.0. The summed E-state index contributed by atoms with van der Waals surface area (Å²) < 4.78 is 0. The van der Waals surface area contributed by atoms with Gasteiger partial charge in [-0.1, -0.05) is 12.1 Å². The van der Waals surface area contributed by atoms with E-state index in [0.29, 0.717) is 36.6 Å². The summed E-state index contributed by atoms with van der Waals surface area (Å²) in [5, 5.41) is 12.0. The smallest absolute Gasteiger partial charge is 0.322 e. The van der Waals surface area contributed by atoms with Crippen LogP contribution in [0, 0.1) is 11.3 Å². The van der Waals surface area contributed by atoms with Gasteiger partial charge in [0.15, 0.2) is 5.82 Å². The van der Waals surface area contributed by atoms with Crippen LogP contribution < -0.4 is 10.2 Å². The van der Waals surface area contributed by atoms with Gasteiger partial charge in [0.25, 0.3) is 0 Å². The molecular weight excluding hydrogens is 402 g/mol. The van der Waals surface area contributed by atoms with Crippen LogP contribution in [0.15, 0.2) is 48.7 Å². The van der Waals surface area contributed by atoms with Crippen LogP contribution in [0.5, 0.6) is 0 Å². The zero-order valence-corrected chi connectivity index (χ0v) is 17.7. The van der Waals surface area contributed by atoms with Gasteiger partial charge >= 0.3 is 6.03 Å². The van der Waals surface area contributed by atoms with E-state index in [0.717, 1.165) is 48.7 Å². The predicted molar refractivity (Wildman–Crippen MR) is 121 cm³/mol. The van der Waals surface area contributed by atoms with Crippen molar-refractivity contribution in [3.63, 3.8) is 0 Å². The normalized spacial score (nSPS) is 15.2. The molecule has 1 aromatic carbocycles. The van der Waals surface area contributed by atoms with Gasteiger partial charge in [0.2, 0.25) is 0 Å². The number of urea groups is 1. The molecule has 5 rings (SSSR count). The number of pyridine rings is 1. The lowest BCUT2D eigenvalue weighted by Crippen LogP contribution is -2.40. The largest absolute Gasteiger partial charge is 0.356 e. The van der Waals surface area contributed by atoms with Crippen molar-refractivity contribution in [2.24, 2.45) is 0 Å². The number of hydrogen-bond donors (Lipinski definition) is 1. The molecule has 0 saturated carbocycles. The Kier molecular flexibility index (Phi) is 5.38. The van der Waals surface area contributed by atoms with E-state index in [1.165, 1.54) is 0 Å². The number of carbonyl (C=O) groups excluding carboxylic acids is 1. The molecule has 2 aliphatic heterocycles. The van der Waals surface area contributed by atoms with Crippen molar-refractivity contribution in [1.82, 2.24) is 19.9 Å². The van der Waals surface area contributed by atoms with Gasteiger partial charge in [0.05, 0.1) is 23.9 Å². The zero-order valence-electron chi connectivity index (χ0n) is 17.7. The van der Waals surface area contributed by atoms with Crippen LogP contribution in [0.2, 0.25) is 0 Å². The van der Waals surface area contributed by atoms with E-state index in [4.69, 9.17) is 15.2 Å². The zero-order chi connectivity index (χ0) is 21.9. The number of carbonyl (C=O) groups is 1. The highest BCUT2D eigenvalue weighted by Crippen LogP contribution is 2.31. The summed E-state index contributed by atoms with van der Waals surface area (Å²) in [6.07, 6.45) is 4.68. The molecule has 0 unspecified atom stereocenters. The molecule has 8 heteroatoms. The molecule has 1 N–H and O–H groups in total. The highest BCUT2D eigenvalue weighted by Gasteiger charge is 2.29. The lowest BCUT2D eigenvalue weighted by atomic mass is 10.1. The molecule has 0 bridgehead atoms. The molecule has 0 atom stereocenters. The maximum absolute atomic E-state index is 13.0. The van der Waals surface area contributed by atoms with Crippen LogP contribution in [0.4, 0.5) is 16.3 Å². The minimum atomic E-state index is -0.188. The fourth-order valence-corrected chi connectivity index (χ4v) is 4.24. The molecule has 1 saturated heterocycles. The molecule has 0 spiro atoms. The molecular formula is C24H23N7O. The van der Waals surface area contributed by atoms with Crippen molar-refractivity contribution in [2.75, 3.05) is 29.9 Å². The first-order chi connectivity index (χ1) is 15.7. The number of benzene rings is 1. The summed E-state index contributed by atoms with van der Waals surface area (Å²) in [5.41, 5.74) is 3.88. The standard InChI is InChI=1S/C24H23N7O/c25-15-17-6-5-7-18(14-17)27-24(32)31-13-9-20-19(16-31)23(30-11-3-4-12-30)29-22(28-20)21-8-1-2-10-26-21/h1-2,5-8,10,14H,3-4,9,11-13,16H2,(H,27,32). The first-order valence-corrected chi connectivity index (χ1v) is 10.8. The molecule has 32 heavy (non-hydrogen) atoms.